The van der Waals surface area contributed by atoms with Gasteiger partial charge in [-0.15, -0.1) is 0 Å². The molecule has 2 aromatic carbocycles. The highest BCUT2D eigenvalue weighted by atomic mass is 16.6. The first-order chi connectivity index (χ1) is 13.4. The number of benzene rings is 2. The first-order valence-corrected chi connectivity index (χ1v) is 9.48. The molecule has 1 amide bonds. The normalized spacial score (nSPS) is 15.9. The molecule has 0 aromatic heterocycles. The van der Waals surface area contributed by atoms with Crippen molar-refractivity contribution in [3.05, 3.63) is 63.7 Å². The maximum absolute atomic E-state index is 12.6. The second-order valence-corrected chi connectivity index (χ2v) is 7.18. The Morgan fingerprint density at radius 3 is 2.43 bits per heavy atom. The summed E-state index contributed by atoms with van der Waals surface area (Å²) in [5.74, 6) is -0.227. The van der Waals surface area contributed by atoms with Gasteiger partial charge in [-0.25, -0.2) is 0 Å². The van der Waals surface area contributed by atoms with Gasteiger partial charge in [0.2, 0.25) is 5.91 Å². The molecule has 1 aliphatic heterocycles. The van der Waals surface area contributed by atoms with Crippen LogP contribution in [0.5, 0.6) is 0 Å². The Morgan fingerprint density at radius 2 is 1.75 bits per heavy atom. The number of hydrogen-bond acceptors (Lipinski definition) is 5. The zero-order valence-electron chi connectivity index (χ0n) is 16.5. The van der Waals surface area contributed by atoms with Gasteiger partial charge in [0.15, 0.2) is 0 Å². The number of amides is 1. The van der Waals surface area contributed by atoms with E-state index in [0.717, 1.165) is 26.2 Å². The van der Waals surface area contributed by atoms with Crippen LogP contribution in [0.1, 0.15) is 18.1 Å². The fraction of sp³-hybridized carbons (Fsp3) is 0.381. The number of hydrogen-bond donors (Lipinski definition) is 1. The predicted molar refractivity (Wildman–Crippen MR) is 111 cm³/mol. The molecule has 0 spiro atoms. The van der Waals surface area contributed by atoms with Crippen molar-refractivity contribution in [2.24, 2.45) is 0 Å². The zero-order chi connectivity index (χ0) is 20.3. The van der Waals surface area contributed by atoms with E-state index < -0.39 is 4.92 Å². The fourth-order valence-corrected chi connectivity index (χ4v) is 3.57. The van der Waals surface area contributed by atoms with E-state index in [1.165, 1.54) is 22.9 Å². The number of carbonyl (C=O) groups excluding carboxylic acids is 1. The third-order valence-corrected chi connectivity index (χ3v) is 5.52. The lowest BCUT2D eigenvalue weighted by molar-refractivity contribution is -0.383. The molecule has 1 saturated heterocycles. The van der Waals surface area contributed by atoms with Gasteiger partial charge in [0, 0.05) is 37.9 Å². The predicted octanol–water partition coefficient (Wildman–Crippen LogP) is 3.36. The largest absolute Gasteiger partial charge is 0.369 e. The standard InChI is InChI=1S/C21H26N4O3/c1-15-7-6-10-19(16(15)2)24-13-11-23(12-14-24)17(3)21(26)22-18-8-4-5-9-20(18)25(27)28/h4-10,17H,11-14H2,1-3H3,(H,22,26)/t17-/m0/s1. The number of rotatable bonds is 5. The van der Waals surface area contributed by atoms with Crippen molar-refractivity contribution in [3.63, 3.8) is 0 Å². The molecule has 28 heavy (non-hydrogen) atoms. The minimum Gasteiger partial charge on any atom is -0.369 e. The van der Waals surface area contributed by atoms with Gasteiger partial charge in [-0.3, -0.25) is 19.8 Å². The summed E-state index contributed by atoms with van der Waals surface area (Å²) in [4.78, 5) is 27.8. The lowest BCUT2D eigenvalue weighted by Crippen LogP contribution is -2.53. The number of carbonyl (C=O) groups is 1. The van der Waals surface area contributed by atoms with Crippen LogP contribution in [0.3, 0.4) is 0 Å². The molecule has 1 N–H and O–H groups in total. The Hall–Kier alpha value is -2.93. The van der Waals surface area contributed by atoms with Gasteiger partial charge < -0.3 is 10.2 Å². The Labute approximate surface area is 165 Å². The van der Waals surface area contributed by atoms with Crippen LogP contribution in [0.25, 0.3) is 0 Å². The van der Waals surface area contributed by atoms with Crippen LogP contribution in [-0.2, 0) is 4.79 Å². The molecule has 1 heterocycles. The fourth-order valence-electron chi connectivity index (χ4n) is 3.57. The van der Waals surface area contributed by atoms with E-state index in [2.05, 4.69) is 47.2 Å². The molecule has 0 unspecified atom stereocenters. The maximum Gasteiger partial charge on any atom is 0.292 e. The monoisotopic (exact) mass is 382 g/mol. The summed E-state index contributed by atoms with van der Waals surface area (Å²) >= 11 is 0. The summed E-state index contributed by atoms with van der Waals surface area (Å²) in [6, 6.07) is 12.2. The smallest absolute Gasteiger partial charge is 0.292 e. The Kier molecular flexibility index (Phi) is 5.94. The molecular formula is C21H26N4O3. The topological polar surface area (TPSA) is 78.7 Å². The number of nitro benzene ring substituents is 1. The molecular weight excluding hydrogens is 356 g/mol. The molecule has 0 radical (unpaired) electrons. The lowest BCUT2D eigenvalue weighted by Gasteiger charge is -2.39. The van der Waals surface area contributed by atoms with E-state index in [1.54, 1.807) is 18.2 Å². The van der Waals surface area contributed by atoms with Crippen LogP contribution >= 0.6 is 0 Å². The van der Waals surface area contributed by atoms with E-state index in [9.17, 15) is 14.9 Å². The molecule has 0 bridgehead atoms. The maximum atomic E-state index is 12.6. The third-order valence-electron chi connectivity index (χ3n) is 5.52. The SMILES string of the molecule is Cc1cccc(N2CCN([C@@H](C)C(=O)Nc3ccccc3[N+](=O)[O-])CC2)c1C. The average molecular weight is 382 g/mol. The van der Waals surface area contributed by atoms with Crippen LogP contribution < -0.4 is 10.2 Å². The second kappa shape index (κ2) is 8.39. The van der Waals surface area contributed by atoms with Crippen molar-refractivity contribution in [3.8, 4) is 0 Å². The Balaban J connectivity index is 1.62. The van der Waals surface area contributed by atoms with Crippen LogP contribution in [0.15, 0.2) is 42.5 Å². The molecule has 0 aliphatic carbocycles. The number of nitrogens with one attached hydrogen (secondary N) is 1. The number of nitrogens with zero attached hydrogens (tertiary/aromatic N) is 3. The van der Waals surface area contributed by atoms with E-state index in [-0.39, 0.29) is 23.3 Å². The first kappa shape index (κ1) is 19.8. The summed E-state index contributed by atoms with van der Waals surface area (Å²) in [5, 5.41) is 13.8. The molecule has 1 aliphatic rings. The molecule has 7 nitrogen and oxygen atoms in total. The van der Waals surface area contributed by atoms with Crippen molar-refractivity contribution in [2.75, 3.05) is 36.4 Å². The van der Waals surface area contributed by atoms with Gasteiger partial charge in [0.1, 0.15) is 5.69 Å². The molecule has 0 saturated carbocycles. The van der Waals surface area contributed by atoms with Crippen molar-refractivity contribution < 1.29 is 9.72 Å². The highest BCUT2D eigenvalue weighted by Crippen LogP contribution is 2.25. The number of nitro groups is 1. The molecule has 1 fully saturated rings. The molecule has 7 heteroatoms. The van der Waals surface area contributed by atoms with Gasteiger partial charge in [0.05, 0.1) is 11.0 Å². The molecule has 1 atom stereocenters. The van der Waals surface area contributed by atoms with Crippen LogP contribution in [-0.4, -0.2) is 48.0 Å². The Bertz CT molecular complexity index is 876. The number of para-hydroxylation sites is 2. The van der Waals surface area contributed by atoms with Gasteiger partial charge in [-0.1, -0.05) is 24.3 Å². The van der Waals surface area contributed by atoms with E-state index >= 15 is 0 Å². The van der Waals surface area contributed by atoms with Crippen LogP contribution in [0.4, 0.5) is 17.1 Å². The molecule has 148 valence electrons. The molecule has 3 rings (SSSR count). The second-order valence-electron chi connectivity index (χ2n) is 7.18. The quantitative estimate of drug-likeness (QED) is 0.634. The van der Waals surface area contributed by atoms with E-state index in [1.807, 2.05) is 6.92 Å². The average Bonchev–Trinajstić information content (AvgIpc) is 2.70. The minimum absolute atomic E-state index is 0.0946. The summed E-state index contributed by atoms with van der Waals surface area (Å²) in [5.41, 5.74) is 3.95. The van der Waals surface area contributed by atoms with E-state index in [4.69, 9.17) is 0 Å². The summed E-state index contributed by atoms with van der Waals surface area (Å²) in [6.07, 6.45) is 0. The van der Waals surface area contributed by atoms with Crippen molar-refractivity contribution in [1.29, 1.82) is 0 Å². The summed E-state index contributed by atoms with van der Waals surface area (Å²) in [6.45, 7) is 9.31. The highest BCUT2D eigenvalue weighted by Gasteiger charge is 2.27. The van der Waals surface area contributed by atoms with Crippen LogP contribution in [0.2, 0.25) is 0 Å². The van der Waals surface area contributed by atoms with Gasteiger partial charge in [0.25, 0.3) is 5.69 Å². The van der Waals surface area contributed by atoms with Crippen molar-refractivity contribution in [1.82, 2.24) is 4.90 Å². The van der Waals surface area contributed by atoms with E-state index in [0.29, 0.717) is 0 Å². The van der Waals surface area contributed by atoms with Gasteiger partial charge in [-0.05, 0) is 44.0 Å². The molecule has 2 aromatic rings. The Morgan fingerprint density at radius 1 is 1.07 bits per heavy atom. The number of aryl methyl sites for hydroxylation is 1. The lowest BCUT2D eigenvalue weighted by atomic mass is 10.1. The summed E-state index contributed by atoms with van der Waals surface area (Å²) in [7, 11) is 0. The number of piperazine rings is 1. The van der Waals surface area contributed by atoms with Gasteiger partial charge in [-0.2, -0.15) is 0 Å². The first-order valence-electron chi connectivity index (χ1n) is 9.48. The minimum atomic E-state index is -0.483. The van der Waals surface area contributed by atoms with Crippen molar-refractivity contribution >= 4 is 23.0 Å². The third kappa shape index (κ3) is 4.14. The van der Waals surface area contributed by atoms with Crippen LogP contribution in [0, 0.1) is 24.0 Å². The highest BCUT2D eigenvalue weighted by molar-refractivity contribution is 5.96. The summed E-state index contributed by atoms with van der Waals surface area (Å²) < 4.78 is 0. The number of anilines is 2. The van der Waals surface area contributed by atoms with Gasteiger partial charge >= 0.3 is 0 Å². The zero-order valence-corrected chi connectivity index (χ0v) is 16.5. The van der Waals surface area contributed by atoms with Crippen molar-refractivity contribution in [2.45, 2.75) is 26.8 Å².